The van der Waals surface area contributed by atoms with Crippen molar-refractivity contribution in [2.24, 2.45) is 0 Å². The van der Waals surface area contributed by atoms with Gasteiger partial charge in [0.1, 0.15) is 6.67 Å². The average molecular weight is 227 g/mol. The number of hydrogen-bond acceptors (Lipinski definition) is 3. The first-order valence-electron chi connectivity index (χ1n) is 4.35. The minimum Gasteiger partial charge on any atom is -0.250 e. The van der Waals surface area contributed by atoms with Crippen LogP contribution in [0.4, 0.5) is 4.39 Å². The molecular formula is C10H10FNO2S. The Morgan fingerprint density at radius 1 is 1.33 bits per heavy atom. The first-order valence-corrected chi connectivity index (χ1v) is 6.00. The molecule has 0 fully saturated rings. The van der Waals surface area contributed by atoms with Crippen LogP contribution in [0.3, 0.4) is 0 Å². The molecule has 3 nitrogen and oxygen atoms in total. The molecule has 0 aromatic heterocycles. The maximum atomic E-state index is 12.0. The Labute approximate surface area is 88.1 Å². The largest absolute Gasteiger partial charge is 0.250 e. The lowest BCUT2D eigenvalue weighted by Crippen LogP contribution is -2.10. The lowest BCUT2D eigenvalue weighted by molar-refractivity contribution is 0.517. The summed E-state index contributed by atoms with van der Waals surface area (Å²) in [6.07, 6.45) is 0.0156. The molecule has 0 amide bonds. The third-order valence-electron chi connectivity index (χ3n) is 1.92. The predicted octanol–water partition coefficient (Wildman–Crippen LogP) is 1.50. The number of halogens is 1. The molecule has 0 aliphatic heterocycles. The van der Waals surface area contributed by atoms with Gasteiger partial charge >= 0.3 is 0 Å². The number of sulfone groups is 1. The summed E-state index contributed by atoms with van der Waals surface area (Å²) in [5.74, 6) is -0.532. The molecule has 0 atom stereocenters. The Morgan fingerprint density at radius 2 is 2.00 bits per heavy atom. The van der Waals surface area contributed by atoms with Gasteiger partial charge in [-0.2, -0.15) is 5.26 Å². The van der Waals surface area contributed by atoms with E-state index >= 15 is 0 Å². The highest BCUT2D eigenvalue weighted by atomic mass is 32.2. The molecule has 1 aromatic rings. The molecule has 0 aliphatic carbocycles. The van der Waals surface area contributed by atoms with Crippen LogP contribution in [0, 0.1) is 11.3 Å². The highest BCUT2D eigenvalue weighted by Crippen LogP contribution is 2.17. The van der Waals surface area contributed by atoms with Crippen LogP contribution in [0.5, 0.6) is 0 Å². The van der Waals surface area contributed by atoms with E-state index in [1.54, 1.807) is 18.2 Å². The lowest BCUT2D eigenvalue weighted by Gasteiger charge is -2.06. The van der Waals surface area contributed by atoms with Crippen LogP contribution < -0.4 is 0 Å². The van der Waals surface area contributed by atoms with Crippen LogP contribution in [0.2, 0.25) is 0 Å². The summed E-state index contributed by atoms with van der Waals surface area (Å²) in [6, 6.07) is 8.06. The monoisotopic (exact) mass is 227 g/mol. The van der Waals surface area contributed by atoms with E-state index in [2.05, 4.69) is 0 Å². The molecule has 1 aromatic carbocycles. The van der Waals surface area contributed by atoms with Crippen molar-refractivity contribution in [2.45, 2.75) is 11.3 Å². The van der Waals surface area contributed by atoms with Crippen molar-refractivity contribution in [1.29, 1.82) is 5.26 Å². The van der Waals surface area contributed by atoms with Crippen LogP contribution in [0.1, 0.15) is 5.56 Å². The maximum Gasteiger partial charge on any atom is 0.181 e. The third-order valence-corrected chi connectivity index (χ3v) is 3.68. The van der Waals surface area contributed by atoms with Gasteiger partial charge in [0.25, 0.3) is 0 Å². The third kappa shape index (κ3) is 2.77. The predicted molar refractivity (Wildman–Crippen MR) is 53.8 cm³/mol. The van der Waals surface area contributed by atoms with Crippen LogP contribution in [0.15, 0.2) is 29.2 Å². The second-order valence-electron chi connectivity index (χ2n) is 2.95. The van der Waals surface area contributed by atoms with E-state index in [0.29, 0.717) is 5.56 Å². The summed E-state index contributed by atoms with van der Waals surface area (Å²) >= 11 is 0. The van der Waals surface area contributed by atoms with Crippen molar-refractivity contribution in [3.05, 3.63) is 29.8 Å². The molecule has 0 unspecified atom stereocenters. The average Bonchev–Trinajstić information content (AvgIpc) is 2.19. The zero-order chi connectivity index (χ0) is 11.3. The Balaban J connectivity index is 3.20. The fourth-order valence-corrected chi connectivity index (χ4v) is 2.50. The van der Waals surface area contributed by atoms with Crippen molar-refractivity contribution >= 4 is 9.84 Å². The van der Waals surface area contributed by atoms with Crippen molar-refractivity contribution in [2.75, 3.05) is 12.4 Å². The minimum absolute atomic E-state index is 0.0156. The second kappa shape index (κ2) is 4.89. The number of nitriles is 1. The van der Waals surface area contributed by atoms with Gasteiger partial charge in [-0.3, -0.25) is 0 Å². The van der Waals surface area contributed by atoms with Gasteiger partial charge < -0.3 is 0 Å². The Morgan fingerprint density at radius 3 is 2.60 bits per heavy atom. The highest BCUT2D eigenvalue weighted by molar-refractivity contribution is 7.91. The fraction of sp³-hybridized carbons (Fsp3) is 0.300. The van der Waals surface area contributed by atoms with E-state index in [4.69, 9.17) is 5.26 Å². The Bertz CT molecular complexity index is 476. The lowest BCUT2D eigenvalue weighted by atomic mass is 10.2. The highest BCUT2D eigenvalue weighted by Gasteiger charge is 2.17. The Kier molecular flexibility index (Phi) is 3.81. The SMILES string of the molecule is N#CCc1ccccc1S(=O)(=O)CCF. The van der Waals surface area contributed by atoms with Crippen molar-refractivity contribution in [3.63, 3.8) is 0 Å². The fourth-order valence-electron chi connectivity index (χ4n) is 1.25. The van der Waals surface area contributed by atoms with Gasteiger partial charge in [-0.15, -0.1) is 0 Å². The first-order chi connectivity index (χ1) is 7.11. The van der Waals surface area contributed by atoms with E-state index < -0.39 is 22.3 Å². The van der Waals surface area contributed by atoms with Crippen LogP contribution in [0.25, 0.3) is 0 Å². The molecular weight excluding hydrogens is 217 g/mol. The van der Waals surface area contributed by atoms with Crippen LogP contribution in [-0.2, 0) is 16.3 Å². The zero-order valence-corrected chi connectivity index (χ0v) is 8.80. The molecule has 80 valence electrons. The molecule has 0 saturated carbocycles. The molecule has 0 N–H and O–H groups in total. The smallest absolute Gasteiger partial charge is 0.181 e. The summed E-state index contributed by atoms with van der Waals surface area (Å²) < 4.78 is 35.2. The van der Waals surface area contributed by atoms with E-state index in [1.807, 2.05) is 6.07 Å². The minimum atomic E-state index is -3.59. The molecule has 0 aliphatic rings. The molecule has 15 heavy (non-hydrogen) atoms. The van der Waals surface area contributed by atoms with Gasteiger partial charge in [0, 0.05) is 0 Å². The summed E-state index contributed by atoms with van der Waals surface area (Å²) in [4.78, 5) is 0.0594. The molecule has 0 saturated heterocycles. The van der Waals surface area contributed by atoms with Gasteiger partial charge in [-0.05, 0) is 11.6 Å². The molecule has 0 radical (unpaired) electrons. The van der Waals surface area contributed by atoms with Gasteiger partial charge in [-0.25, -0.2) is 12.8 Å². The Hall–Kier alpha value is -1.41. The van der Waals surface area contributed by atoms with E-state index in [1.165, 1.54) is 6.07 Å². The number of hydrogen-bond donors (Lipinski definition) is 0. The number of nitrogens with zero attached hydrogens (tertiary/aromatic N) is 1. The van der Waals surface area contributed by atoms with Crippen molar-refractivity contribution < 1.29 is 12.8 Å². The topological polar surface area (TPSA) is 57.9 Å². The maximum absolute atomic E-state index is 12.0. The molecule has 0 bridgehead atoms. The van der Waals surface area contributed by atoms with Gasteiger partial charge in [0.2, 0.25) is 0 Å². The number of rotatable bonds is 4. The van der Waals surface area contributed by atoms with E-state index in [0.717, 1.165) is 0 Å². The summed E-state index contributed by atoms with van der Waals surface area (Å²) in [6.45, 7) is -0.913. The second-order valence-corrected chi connectivity index (χ2v) is 5.03. The normalized spacial score (nSPS) is 10.9. The summed E-state index contributed by atoms with van der Waals surface area (Å²) in [7, 11) is -3.59. The van der Waals surface area contributed by atoms with Gasteiger partial charge in [0.15, 0.2) is 9.84 Å². The van der Waals surface area contributed by atoms with E-state index in [9.17, 15) is 12.8 Å². The van der Waals surface area contributed by atoms with Crippen molar-refractivity contribution in [1.82, 2.24) is 0 Å². The van der Waals surface area contributed by atoms with Gasteiger partial charge in [0.05, 0.1) is 23.1 Å². The summed E-state index contributed by atoms with van der Waals surface area (Å²) in [5.41, 5.74) is 0.424. The van der Waals surface area contributed by atoms with Crippen molar-refractivity contribution in [3.8, 4) is 6.07 Å². The molecule has 0 heterocycles. The standard InChI is InChI=1S/C10H10FNO2S/c11-6-8-15(13,14)10-4-2-1-3-9(10)5-7-12/h1-4H,5-6,8H2. The molecule has 0 spiro atoms. The number of alkyl halides is 1. The zero-order valence-electron chi connectivity index (χ0n) is 7.98. The van der Waals surface area contributed by atoms with E-state index in [-0.39, 0.29) is 11.3 Å². The van der Waals surface area contributed by atoms with Crippen LogP contribution in [-0.4, -0.2) is 20.8 Å². The molecule has 1 rings (SSSR count). The van der Waals surface area contributed by atoms with Gasteiger partial charge in [-0.1, -0.05) is 18.2 Å². The molecule has 5 heteroatoms. The quantitative estimate of drug-likeness (QED) is 0.783. The summed E-state index contributed by atoms with van der Waals surface area (Å²) in [5, 5.41) is 8.52. The number of benzene rings is 1. The first kappa shape index (κ1) is 11.7. The van der Waals surface area contributed by atoms with Crippen LogP contribution >= 0.6 is 0 Å².